The standard InChI is InChI=1S/C12H13N3/c13-6-9-4-10(8-14-7-9)11-5-12(11)2-1-3-15-12/h4,7-8,11,15H,1-3,5H2. The second-order valence-electron chi connectivity index (χ2n) is 4.56. The van der Waals surface area contributed by atoms with Gasteiger partial charge in [-0.05, 0) is 37.4 Å². The van der Waals surface area contributed by atoms with E-state index in [1.165, 1.54) is 24.8 Å². The van der Waals surface area contributed by atoms with Crippen molar-refractivity contribution in [3.05, 3.63) is 29.6 Å². The first-order valence-electron chi connectivity index (χ1n) is 5.44. The summed E-state index contributed by atoms with van der Waals surface area (Å²) in [6, 6.07) is 4.12. The summed E-state index contributed by atoms with van der Waals surface area (Å²) in [6.45, 7) is 1.14. The Morgan fingerprint density at radius 3 is 3.20 bits per heavy atom. The van der Waals surface area contributed by atoms with Crippen LogP contribution in [0.4, 0.5) is 0 Å². The van der Waals surface area contributed by atoms with Gasteiger partial charge in [0.2, 0.25) is 0 Å². The first-order chi connectivity index (χ1) is 7.34. The van der Waals surface area contributed by atoms with E-state index in [1.54, 1.807) is 6.20 Å². The molecular weight excluding hydrogens is 186 g/mol. The predicted octanol–water partition coefficient (Wildman–Crippen LogP) is 1.56. The Morgan fingerprint density at radius 1 is 1.53 bits per heavy atom. The molecule has 1 spiro atoms. The van der Waals surface area contributed by atoms with E-state index >= 15 is 0 Å². The van der Waals surface area contributed by atoms with E-state index in [1.807, 2.05) is 12.3 Å². The maximum Gasteiger partial charge on any atom is 0.101 e. The Morgan fingerprint density at radius 2 is 2.47 bits per heavy atom. The number of nitrogens with zero attached hydrogens (tertiary/aromatic N) is 2. The minimum Gasteiger partial charge on any atom is -0.311 e. The number of nitriles is 1. The van der Waals surface area contributed by atoms with Crippen molar-refractivity contribution in [2.75, 3.05) is 6.54 Å². The summed E-state index contributed by atoms with van der Waals surface area (Å²) >= 11 is 0. The largest absolute Gasteiger partial charge is 0.311 e. The molecule has 76 valence electrons. The second-order valence-corrected chi connectivity index (χ2v) is 4.56. The highest BCUT2D eigenvalue weighted by molar-refractivity contribution is 5.38. The van der Waals surface area contributed by atoms with Crippen molar-refractivity contribution in [3.63, 3.8) is 0 Å². The Kier molecular flexibility index (Phi) is 1.80. The topological polar surface area (TPSA) is 48.7 Å². The molecule has 0 bridgehead atoms. The third-order valence-corrected chi connectivity index (χ3v) is 3.64. The molecule has 2 aliphatic rings. The van der Waals surface area contributed by atoms with E-state index in [0.29, 0.717) is 17.0 Å². The Hall–Kier alpha value is -1.40. The molecule has 2 unspecified atom stereocenters. The number of pyridine rings is 1. The van der Waals surface area contributed by atoms with E-state index in [2.05, 4.69) is 16.4 Å². The van der Waals surface area contributed by atoms with Gasteiger partial charge in [0.25, 0.3) is 0 Å². The minimum absolute atomic E-state index is 0.357. The maximum atomic E-state index is 8.82. The van der Waals surface area contributed by atoms with Crippen LogP contribution in [0.3, 0.4) is 0 Å². The van der Waals surface area contributed by atoms with E-state index in [-0.39, 0.29) is 0 Å². The zero-order valence-electron chi connectivity index (χ0n) is 8.53. The summed E-state index contributed by atoms with van der Waals surface area (Å²) in [4.78, 5) is 4.12. The smallest absolute Gasteiger partial charge is 0.101 e. The zero-order valence-corrected chi connectivity index (χ0v) is 8.53. The Balaban J connectivity index is 1.86. The van der Waals surface area contributed by atoms with Crippen LogP contribution >= 0.6 is 0 Å². The van der Waals surface area contributed by atoms with Crippen LogP contribution in [0.1, 0.15) is 36.3 Å². The molecule has 3 rings (SSSR count). The van der Waals surface area contributed by atoms with Gasteiger partial charge in [0.15, 0.2) is 0 Å². The van der Waals surface area contributed by atoms with Crippen LogP contribution in [0.15, 0.2) is 18.5 Å². The van der Waals surface area contributed by atoms with Gasteiger partial charge in [0, 0.05) is 23.9 Å². The predicted molar refractivity (Wildman–Crippen MR) is 56.3 cm³/mol. The lowest BCUT2D eigenvalue weighted by molar-refractivity contribution is 0.578. The molecule has 1 aromatic heterocycles. The third-order valence-electron chi connectivity index (χ3n) is 3.64. The van der Waals surface area contributed by atoms with Gasteiger partial charge in [0.1, 0.15) is 6.07 Å². The van der Waals surface area contributed by atoms with Crippen LogP contribution in [0, 0.1) is 11.3 Å². The van der Waals surface area contributed by atoms with E-state index in [0.717, 1.165) is 6.54 Å². The fourth-order valence-electron chi connectivity index (χ4n) is 2.75. The molecule has 0 aromatic carbocycles. The molecule has 1 saturated heterocycles. The quantitative estimate of drug-likeness (QED) is 0.746. The fraction of sp³-hybridized carbons (Fsp3) is 0.500. The maximum absolute atomic E-state index is 8.82. The number of rotatable bonds is 1. The van der Waals surface area contributed by atoms with Gasteiger partial charge in [-0.1, -0.05) is 0 Å². The van der Waals surface area contributed by atoms with Crippen molar-refractivity contribution in [1.82, 2.24) is 10.3 Å². The van der Waals surface area contributed by atoms with Gasteiger partial charge in [-0.15, -0.1) is 0 Å². The molecule has 1 aromatic rings. The van der Waals surface area contributed by atoms with Crippen molar-refractivity contribution in [2.45, 2.75) is 30.7 Å². The first-order valence-corrected chi connectivity index (χ1v) is 5.44. The molecule has 3 heteroatoms. The summed E-state index contributed by atoms with van der Waals surface area (Å²) in [7, 11) is 0. The van der Waals surface area contributed by atoms with Crippen LogP contribution in [-0.4, -0.2) is 17.1 Å². The number of hydrogen-bond acceptors (Lipinski definition) is 3. The van der Waals surface area contributed by atoms with E-state index in [4.69, 9.17) is 5.26 Å². The van der Waals surface area contributed by atoms with Gasteiger partial charge in [-0.25, -0.2) is 0 Å². The minimum atomic E-state index is 0.357. The number of nitrogens with one attached hydrogen (secondary N) is 1. The summed E-state index contributed by atoms with van der Waals surface area (Å²) in [5, 5.41) is 12.4. The Labute approximate surface area is 89.1 Å². The van der Waals surface area contributed by atoms with Crippen molar-refractivity contribution in [3.8, 4) is 6.07 Å². The number of hydrogen-bond donors (Lipinski definition) is 1. The molecule has 1 aliphatic carbocycles. The second kappa shape index (κ2) is 3.04. The highest BCUT2D eigenvalue weighted by atomic mass is 15.1. The summed E-state index contributed by atoms with van der Waals surface area (Å²) < 4.78 is 0. The van der Waals surface area contributed by atoms with Crippen LogP contribution in [-0.2, 0) is 0 Å². The van der Waals surface area contributed by atoms with Crippen molar-refractivity contribution in [1.29, 1.82) is 5.26 Å². The van der Waals surface area contributed by atoms with Gasteiger partial charge in [-0.3, -0.25) is 4.98 Å². The lowest BCUT2D eigenvalue weighted by Gasteiger charge is -2.09. The van der Waals surface area contributed by atoms with Crippen LogP contribution in [0.2, 0.25) is 0 Å². The third kappa shape index (κ3) is 1.33. The van der Waals surface area contributed by atoms with Gasteiger partial charge < -0.3 is 5.32 Å². The fourth-order valence-corrected chi connectivity index (χ4v) is 2.75. The molecule has 1 N–H and O–H groups in total. The lowest BCUT2D eigenvalue weighted by atomic mass is 10.1. The molecule has 1 saturated carbocycles. The van der Waals surface area contributed by atoms with Gasteiger partial charge >= 0.3 is 0 Å². The average molecular weight is 199 g/mol. The molecule has 0 amide bonds. The van der Waals surface area contributed by atoms with Gasteiger partial charge in [0.05, 0.1) is 5.56 Å². The molecule has 15 heavy (non-hydrogen) atoms. The van der Waals surface area contributed by atoms with E-state index < -0.39 is 0 Å². The van der Waals surface area contributed by atoms with E-state index in [9.17, 15) is 0 Å². The molecule has 2 atom stereocenters. The Bertz CT molecular complexity index is 427. The molecular formula is C12H13N3. The summed E-state index contributed by atoms with van der Waals surface area (Å²) in [5.74, 6) is 0.584. The molecule has 1 aliphatic heterocycles. The first kappa shape index (κ1) is 8.87. The monoisotopic (exact) mass is 199 g/mol. The van der Waals surface area contributed by atoms with Crippen molar-refractivity contribution < 1.29 is 0 Å². The molecule has 2 heterocycles. The normalized spacial score (nSPS) is 32.9. The average Bonchev–Trinajstić information content (AvgIpc) is 2.77. The molecule has 0 radical (unpaired) electrons. The van der Waals surface area contributed by atoms with Crippen molar-refractivity contribution >= 4 is 0 Å². The highest BCUT2D eigenvalue weighted by Crippen LogP contribution is 2.55. The molecule has 2 fully saturated rings. The van der Waals surface area contributed by atoms with Crippen LogP contribution in [0.25, 0.3) is 0 Å². The highest BCUT2D eigenvalue weighted by Gasteiger charge is 2.55. The van der Waals surface area contributed by atoms with Crippen LogP contribution in [0.5, 0.6) is 0 Å². The number of aromatic nitrogens is 1. The SMILES string of the molecule is N#Cc1cncc(C2CC23CCCN3)c1. The molecule has 3 nitrogen and oxygen atoms in total. The van der Waals surface area contributed by atoms with Gasteiger partial charge in [-0.2, -0.15) is 5.26 Å². The lowest BCUT2D eigenvalue weighted by Crippen LogP contribution is -2.25. The summed E-state index contributed by atoms with van der Waals surface area (Å²) in [5.41, 5.74) is 2.26. The summed E-state index contributed by atoms with van der Waals surface area (Å²) in [6.07, 6.45) is 7.29. The zero-order chi connectivity index (χ0) is 10.3. The van der Waals surface area contributed by atoms with Crippen molar-refractivity contribution in [2.24, 2.45) is 0 Å². The van der Waals surface area contributed by atoms with Crippen LogP contribution < -0.4 is 5.32 Å².